The highest BCUT2D eigenvalue weighted by atomic mass is 16.4. The number of carboxylic acids is 1. The van der Waals surface area contributed by atoms with Crippen molar-refractivity contribution in [2.45, 2.75) is 39.3 Å². The molecule has 0 aromatic carbocycles. The molecule has 0 atom stereocenters. The molecule has 1 fully saturated rings. The molecule has 21 heavy (non-hydrogen) atoms. The Balaban J connectivity index is 2.12. The van der Waals surface area contributed by atoms with Gasteiger partial charge in [0.2, 0.25) is 0 Å². The minimum absolute atomic E-state index is 0.102. The quantitative estimate of drug-likeness (QED) is 0.731. The van der Waals surface area contributed by atoms with Crippen molar-refractivity contribution in [3.8, 4) is 0 Å². The largest absolute Gasteiger partial charge is 0.476 e. The van der Waals surface area contributed by atoms with E-state index < -0.39 is 17.5 Å². The predicted molar refractivity (Wildman–Crippen MR) is 70.7 cm³/mol. The Morgan fingerprint density at radius 3 is 2.48 bits per heavy atom. The summed E-state index contributed by atoms with van der Waals surface area (Å²) in [6.07, 6.45) is 0.445. The molecule has 0 unspecified atom stereocenters. The normalized spacial score (nSPS) is 17.2. The van der Waals surface area contributed by atoms with Gasteiger partial charge in [0.25, 0.3) is 5.91 Å². The van der Waals surface area contributed by atoms with E-state index in [1.165, 1.54) is 4.68 Å². The molecular formula is C12H17N5O4. The smallest absolute Gasteiger partial charge is 0.358 e. The molecule has 1 aromatic heterocycles. The van der Waals surface area contributed by atoms with E-state index in [9.17, 15) is 14.4 Å². The van der Waals surface area contributed by atoms with Crippen LogP contribution in [-0.4, -0.2) is 55.0 Å². The first-order valence-corrected chi connectivity index (χ1v) is 6.57. The highest BCUT2D eigenvalue weighted by molar-refractivity contribution is 6.06. The standard InChI is InChI=1S/C12H17N5O4/c1-4-7-8(9(18)19)14-15-17(7)6-5-16-10(20)12(2,3)13-11(16)21/h4-6H2,1-3H3,(H,13,21)(H,18,19). The van der Waals surface area contributed by atoms with Crippen LogP contribution in [0.15, 0.2) is 0 Å². The Morgan fingerprint density at radius 2 is 2.00 bits per heavy atom. The van der Waals surface area contributed by atoms with E-state index in [1.54, 1.807) is 20.8 Å². The number of amides is 3. The minimum Gasteiger partial charge on any atom is -0.476 e. The van der Waals surface area contributed by atoms with Gasteiger partial charge in [-0.1, -0.05) is 12.1 Å². The minimum atomic E-state index is -1.14. The topological polar surface area (TPSA) is 117 Å². The van der Waals surface area contributed by atoms with E-state index in [1.807, 2.05) is 0 Å². The zero-order valence-corrected chi connectivity index (χ0v) is 12.1. The van der Waals surface area contributed by atoms with E-state index in [4.69, 9.17) is 5.11 Å². The van der Waals surface area contributed by atoms with Crippen LogP contribution in [0.5, 0.6) is 0 Å². The van der Waals surface area contributed by atoms with Crippen LogP contribution >= 0.6 is 0 Å². The summed E-state index contributed by atoms with van der Waals surface area (Å²) in [5.74, 6) is -1.46. The second-order valence-corrected chi connectivity index (χ2v) is 5.28. The molecule has 0 spiro atoms. The van der Waals surface area contributed by atoms with Gasteiger partial charge in [-0.25, -0.2) is 14.3 Å². The number of aromatic carboxylic acids is 1. The highest BCUT2D eigenvalue weighted by Gasteiger charge is 2.43. The van der Waals surface area contributed by atoms with Gasteiger partial charge >= 0.3 is 12.0 Å². The molecule has 1 aliphatic rings. The number of carbonyl (C=O) groups excluding carboxylic acids is 2. The van der Waals surface area contributed by atoms with Crippen molar-refractivity contribution < 1.29 is 19.5 Å². The summed E-state index contributed by atoms with van der Waals surface area (Å²) >= 11 is 0. The van der Waals surface area contributed by atoms with E-state index >= 15 is 0 Å². The van der Waals surface area contributed by atoms with Crippen molar-refractivity contribution in [1.29, 1.82) is 0 Å². The lowest BCUT2D eigenvalue weighted by Crippen LogP contribution is -2.40. The molecule has 0 radical (unpaired) electrons. The molecule has 1 aromatic rings. The van der Waals surface area contributed by atoms with Crippen LogP contribution in [0.25, 0.3) is 0 Å². The first-order chi connectivity index (χ1) is 9.77. The van der Waals surface area contributed by atoms with Crippen molar-refractivity contribution in [2.24, 2.45) is 0 Å². The second-order valence-electron chi connectivity index (χ2n) is 5.28. The van der Waals surface area contributed by atoms with Crippen LogP contribution in [0.2, 0.25) is 0 Å². The molecule has 2 heterocycles. The highest BCUT2D eigenvalue weighted by Crippen LogP contribution is 2.16. The average Bonchev–Trinajstić information content (AvgIpc) is 2.88. The van der Waals surface area contributed by atoms with Crippen LogP contribution < -0.4 is 5.32 Å². The molecule has 0 bridgehead atoms. The van der Waals surface area contributed by atoms with E-state index in [0.29, 0.717) is 12.1 Å². The van der Waals surface area contributed by atoms with Gasteiger partial charge in [0.05, 0.1) is 18.8 Å². The summed E-state index contributed by atoms with van der Waals surface area (Å²) in [7, 11) is 0. The Bertz CT molecular complexity index is 607. The number of imide groups is 1. The van der Waals surface area contributed by atoms with Crippen LogP contribution in [0, 0.1) is 0 Å². The number of hydrogen-bond donors (Lipinski definition) is 2. The summed E-state index contributed by atoms with van der Waals surface area (Å²) in [4.78, 5) is 35.9. The molecular weight excluding hydrogens is 278 g/mol. The summed E-state index contributed by atoms with van der Waals surface area (Å²) in [6.45, 7) is 5.37. The number of hydrogen-bond acceptors (Lipinski definition) is 5. The number of nitrogens with zero attached hydrogens (tertiary/aromatic N) is 4. The van der Waals surface area contributed by atoms with Crippen LogP contribution in [0.3, 0.4) is 0 Å². The third-order valence-electron chi connectivity index (χ3n) is 3.35. The average molecular weight is 295 g/mol. The molecule has 2 rings (SSSR count). The summed E-state index contributed by atoms with van der Waals surface area (Å²) in [5, 5.41) is 19.0. The van der Waals surface area contributed by atoms with Crippen molar-refractivity contribution >= 4 is 17.9 Å². The molecule has 9 nitrogen and oxygen atoms in total. The maximum atomic E-state index is 12.0. The Labute approximate surface area is 120 Å². The Kier molecular flexibility index (Phi) is 3.67. The Morgan fingerprint density at radius 1 is 1.33 bits per heavy atom. The van der Waals surface area contributed by atoms with E-state index in [-0.39, 0.29) is 24.7 Å². The molecule has 114 valence electrons. The molecule has 2 N–H and O–H groups in total. The fourth-order valence-corrected chi connectivity index (χ4v) is 2.24. The van der Waals surface area contributed by atoms with Crippen molar-refractivity contribution in [1.82, 2.24) is 25.2 Å². The Hall–Kier alpha value is -2.45. The van der Waals surface area contributed by atoms with Crippen molar-refractivity contribution in [2.75, 3.05) is 6.54 Å². The van der Waals surface area contributed by atoms with Gasteiger partial charge in [-0.3, -0.25) is 9.69 Å². The number of rotatable bonds is 5. The summed E-state index contributed by atoms with van der Waals surface area (Å²) in [5.41, 5.74) is -0.553. The van der Waals surface area contributed by atoms with E-state index in [0.717, 1.165) is 4.90 Å². The van der Waals surface area contributed by atoms with Gasteiger partial charge in [0.1, 0.15) is 5.54 Å². The van der Waals surface area contributed by atoms with Crippen LogP contribution in [0.1, 0.15) is 37.0 Å². The maximum absolute atomic E-state index is 12.0. The van der Waals surface area contributed by atoms with Gasteiger partial charge in [-0.05, 0) is 20.3 Å². The first-order valence-electron chi connectivity index (χ1n) is 6.57. The summed E-state index contributed by atoms with van der Waals surface area (Å²) in [6, 6.07) is -0.457. The number of nitrogens with one attached hydrogen (secondary N) is 1. The van der Waals surface area contributed by atoms with Gasteiger partial charge in [0, 0.05) is 0 Å². The first kappa shape index (κ1) is 14.9. The third kappa shape index (κ3) is 2.58. The molecule has 0 aliphatic carbocycles. The van der Waals surface area contributed by atoms with Crippen LogP contribution in [0.4, 0.5) is 4.79 Å². The molecule has 0 saturated carbocycles. The fraction of sp³-hybridized carbons (Fsp3) is 0.583. The van der Waals surface area contributed by atoms with Crippen molar-refractivity contribution in [3.63, 3.8) is 0 Å². The molecule has 1 aliphatic heterocycles. The van der Waals surface area contributed by atoms with Crippen molar-refractivity contribution in [3.05, 3.63) is 11.4 Å². The third-order valence-corrected chi connectivity index (χ3v) is 3.35. The summed E-state index contributed by atoms with van der Waals surface area (Å²) < 4.78 is 1.41. The number of urea groups is 1. The van der Waals surface area contributed by atoms with Gasteiger partial charge in [-0.15, -0.1) is 5.10 Å². The zero-order valence-electron chi connectivity index (χ0n) is 12.1. The lowest BCUT2D eigenvalue weighted by molar-refractivity contribution is -0.130. The second kappa shape index (κ2) is 5.15. The number of carboxylic acid groups (broad SMARTS) is 1. The lowest BCUT2D eigenvalue weighted by Gasteiger charge is -2.16. The van der Waals surface area contributed by atoms with Gasteiger partial charge in [0.15, 0.2) is 5.69 Å². The van der Waals surface area contributed by atoms with Gasteiger partial charge in [-0.2, -0.15) is 0 Å². The van der Waals surface area contributed by atoms with E-state index in [2.05, 4.69) is 15.6 Å². The number of aromatic nitrogens is 3. The molecule has 1 saturated heterocycles. The maximum Gasteiger partial charge on any atom is 0.358 e. The number of carbonyl (C=O) groups is 3. The predicted octanol–water partition coefficient (Wildman–Crippen LogP) is -0.131. The lowest BCUT2D eigenvalue weighted by atomic mass is 10.1. The van der Waals surface area contributed by atoms with Crippen LogP contribution in [-0.2, 0) is 17.8 Å². The molecule has 3 amide bonds. The fourth-order valence-electron chi connectivity index (χ4n) is 2.24. The molecule has 9 heteroatoms. The SMILES string of the molecule is CCc1c(C(=O)O)nnn1CCN1C(=O)NC(C)(C)C1=O. The van der Waals surface area contributed by atoms with Gasteiger partial charge < -0.3 is 10.4 Å². The zero-order chi connectivity index (χ0) is 15.8. The monoisotopic (exact) mass is 295 g/mol.